The van der Waals surface area contributed by atoms with Crippen LogP contribution < -0.4 is 10.6 Å². The van der Waals surface area contributed by atoms with Crippen LogP contribution in [0.2, 0.25) is 0 Å². The van der Waals surface area contributed by atoms with Crippen molar-refractivity contribution in [3.05, 3.63) is 59.7 Å². The van der Waals surface area contributed by atoms with Crippen molar-refractivity contribution in [2.45, 2.75) is 12.1 Å². The van der Waals surface area contributed by atoms with Gasteiger partial charge in [-0.3, -0.25) is 0 Å². The lowest BCUT2D eigenvalue weighted by molar-refractivity contribution is 0.906. The first-order chi connectivity index (χ1) is 9.75. The molecule has 2 aromatic rings. The second kappa shape index (κ2) is 4.36. The minimum absolute atomic E-state index is 0.0438. The van der Waals surface area contributed by atoms with E-state index in [4.69, 9.17) is 24.4 Å². The molecule has 2 aromatic carbocycles. The molecule has 2 nitrogen and oxygen atoms in total. The topological polar surface area (TPSA) is 24.1 Å². The van der Waals surface area contributed by atoms with Crippen LogP contribution >= 0.6 is 24.4 Å². The van der Waals surface area contributed by atoms with Gasteiger partial charge in [0.25, 0.3) is 0 Å². The van der Waals surface area contributed by atoms with Gasteiger partial charge in [0.1, 0.15) is 0 Å². The number of benzene rings is 2. The smallest absolute Gasteiger partial charge is 0.0874 e. The van der Waals surface area contributed by atoms with E-state index in [1.54, 1.807) is 0 Å². The predicted octanol–water partition coefficient (Wildman–Crippen LogP) is 3.41. The maximum Gasteiger partial charge on any atom is 0.0874 e. The third kappa shape index (κ3) is 1.62. The van der Waals surface area contributed by atoms with E-state index < -0.39 is 0 Å². The van der Waals surface area contributed by atoms with Crippen LogP contribution in [0.5, 0.6) is 0 Å². The van der Waals surface area contributed by atoms with Crippen LogP contribution in [0.25, 0.3) is 0 Å². The van der Waals surface area contributed by atoms with Crippen molar-refractivity contribution in [1.29, 1.82) is 0 Å². The van der Waals surface area contributed by atoms with Gasteiger partial charge in [-0.1, -0.05) is 60.8 Å². The molecule has 0 aromatic heterocycles. The Bertz CT molecular complexity index is 675. The van der Waals surface area contributed by atoms with Gasteiger partial charge in [0, 0.05) is 32.2 Å². The molecule has 2 atom stereocenters. The van der Waals surface area contributed by atoms with Crippen molar-refractivity contribution >= 4 is 45.5 Å². The van der Waals surface area contributed by atoms with Crippen molar-refractivity contribution in [3.8, 4) is 0 Å². The lowest BCUT2D eigenvalue weighted by Crippen LogP contribution is -2.42. The summed E-state index contributed by atoms with van der Waals surface area (Å²) in [5.41, 5.74) is 4.44. The number of rotatable bonds is 1. The molecule has 0 bridgehead atoms. The second-order valence-electron chi connectivity index (χ2n) is 5.06. The van der Waals surface area contributed by atoms with E-state index in [1.807, 2.05) is 24.3 Å². The number of hydrogen-bond donors (Lipinski definition) is 2. The summed E-state index contributed by atoms with van der Waals surface area (Å²) in [6.45, 7) is 0. The summed E-state index contributed by atoms with van der Waals surface area (Å²) in [5.74, 6) is 0. The van der Waals surface area contributed by atoms with E-state index in [9.17, 15) is 0 Å². The SMILES string of the molecule is S=C1c2ccccc2NC1C1Nc2ccccc2C1=S. The van der Waals surface area contributed by atoms with E-state index in [2.05, 4.69) is 34.9 Å². The molecule has 20 heavy (non-hydrogen) atoms. The maximum atomic E-state index is 5.63. The number of nitrogens with one attached hydrogen (secondary N) is 2. The number of fused-ring (bicyclic) bond motifs is 2. The monoisotopic (exact) mass is 296 g/mol. The molecular weight excluding hydrogens is 284 g/mol. The Labute approximate surface area is 128 Å². The van der Waals surface area contributed by atoms with E-state index in [1.165, 1.54) is 0 Å². The second-order valence-corrected chi connectivity index (χ2v) is 5.94. The first-order valence-corrected chi connectivity index (χ1v) is 7.37. The van der Waals surface area contributed by atoms with Gasteiger partial charge in [-0.25, -0.2) is 0 Å². The molecule has 0 saturated carbocycles. The largest absolute Gasteiger partial charge is 0.374 e. The molecule has 98 valence electrons. The average Bonchev–Trinajstić information content (AvgIpc) is 2.98. The molecule has 2 aliphatic rings. The minimum atomic E-state index is 0.0438. The molecule has 4 heteroatoms. The van der Waals surface area contributed by atoms with E-state index in [0.717, 1.165) is 32.2 Å². The Hall–Kier alpha value is -1.78. The Balaban J connectivity index is 1.69. The summed E-state index contributed by atoms with van der Waals surface area (Å²) in [7, 11) is 0. The van der Waals surface area contributed by atoms with E-state index in [0.29, 0.717) is 0 Å². The summed E-state index contributed by atoms with van der Waals surface area (Å²) in [4.78, 5) is 1.88. The summed E-state index contributed by atoms with van der Waals surface area (Å²) in [6, 6.07) is 16.4. The standard InChI is InChI=1S/C16H12N2S2/c19-15-9-5-1-3-7-11(9)17-13(15)14-16(20)10-6-2-4-8-12(10)18-14/h1-8,13-14,17-18H. The van der Waals surface area contributed by atoms with Gasteiger partial charge in [0.2, 0.25) is 0 Å². The molecule has 0 spiro atoms. The van der Waals surface area contributed by atoms with Crippen molar-refractivity contribution in [2.75, 3.05) is 10.6 Å². The minimum Gasteiger partial charge on any atom is -0.374 e. The Kier molecular flexibility index (Phi) is 2.62. The Morgan fingerprint density at radius 1 is 0.650 bits per heavy atom. The van der Waals surface area contributed by atoms with Gasteiger partial charge in [0.05, 0.1) is 12.1 Å². The van der Waals surface area contributed by atoms with Crippen LogP contribution in [-0.4, -0.2) is 21.8 Å². The van der Waals surface area contributed by atoms with Gasteiger partial charge in [-0.2, -0.15) is 0 Å². The Morgan fingerprint density at radius 3 is 1.45 bits per heavy atom. The molecular formula is C16H12N2S2. The summed E-state index contributed by atoms with van der Waals surface area (Å²) in [6.07, 6.45) is 0. The zero-order valence-electron chi connectivity index (χ0n) is 10.6. The number of thiocarbonyl (C=S) groups is 2. The lowest BCUT2D eigenvalue weighted by atomic mass is 10.00. The van der Waals surface area contributed by atoms with Crippen molar-refractivity contribution in [1.82, 2.24) is 0 Å². The van der Waals surface area contributed by atoms with Gasteiger partial charge >= 0.3 is 0 Å². The van der Waals surface area contributed by atoms with Crippen molar-refractivity contribution in [2.24, 2.45) is 0 Å². The van der Waals surface area contributed by atoms with E-state index in [-0.39, 0.29) is 12.1 Å². The fraction of sp³-hybridized carbons (Fsp3) is 0.125. The molecule has 4 rings (SSSR count). The van der Waals surface area contributed by atoms with Crippen molar-refractivity contribution in [3.63, 3.8) is 0 Å². The molecule has 2 N–H and O–H groups in total. The zero-order chi connectivity index (χ0) is 13.7. The molecule has 0 aliphatic carbocycles. The highest BCUT2D eigenvalue weighted by molar-refractivity contribution is 7.81. The van der Waals surface area contributed by atoms with Gasteiger partial charge in [0.15, 0.2) is 0 Å². The zero-order valence-corrected chi connectivity index (χ0v) is 12.2. The summed E-state index contributed by atoms with van der Waals surface area (Å²) < 4.78 is 0. The maximum absolute atomic E-state index is 5.63. The van der Waals surface area contributed by atoms with Crippen LogP contribution in [0, 0.1) is 0 Å². The van der Waals surface area contributed by atoms with Gasteiger partial charge in [-0.05, 0) is 12.1 Å². The third-order valence-electron chi connectivity index (χ3n) is 3.91. The Morgan fingerprint density at radius 2 is 1.05 bits per heavy atom. The molecule has 2 unspecified atom stereocenters. The summed E-state index contributed by atoms with van der Waals surface area (Å²) in [5, 5.41) is 7.00. The first kappa shape index (κ1) is 12.0. The number of para-hydroxylation sites is 2. The molecule has 0 saturated heterocycles. The lowest BCUT2D eigenvalue weighted by Gasteiger charge is -2.20. The van der Waals surface area contributed by atoms with Crippen LogP contribution in [0.3, 0.4) is 0 Å². The highest BCUT2D eigenvalue weighted by Gasteiger charge is 2.38. The van der Waals surface area contributed by atoms with Gasteiger partial charge < -0.3 is 10.6 Å². The van der Waals surface area contributed by atoms with Crippen molar-refractivity contribution < 1.29 is 0 Å². The predicted molar refractivity (Wildman–Crippen MR) is 91.1 cm³/mol. The molecule has 2 heterocycles. The van der Waals surface area contributed by atoms with Crippen LogP contribution in [0.1, 0.15) is 11.1 Å². The highest BCUT2D eigenvalue weighted by Crippen LogP contribution is 2.34. The normalized spacial score (nSPS) is 23.0. The van der Waals surface area contributed by atoms with Crippen LogP contribution in [0.15, 0.2) is 48.5 Å². The quantitative estimate of drug-likeness (QED) is 0.788. The summed E-state index contributed by atoms with van der Waals surface area (Å²) >= 11 is 11.3. The number of hydrogen-bond acceptors (Lipinski definition) is 4. The molecule has 0 fully saturated rings. The molecule has 2 aliphatic heterocycles. The van der Waals surface area contributed by atoms with Gasteiger partial charge in [-0.15, -0.1) is 0 Å². The molecule has 0 amide bonds. The van der Waals surface area contributed by atoms with Crippen LogP contribution in [0.4, 0.5) is 11.4 Å². The van der Waals surface area contributed by atoms with Crippen LogP contribution in [-0.2, 0) is 0 Å². The molecule has 0 radical (unpaired) electrons. The fourth-order valence-electron chi connectivity index (χ4n) is 2.92. The highest BCUT2D eigenvalue weighted by atomic mass is 32.1. The number of anilines is 2. The van der Waals surface area contributed by atoms with E-state index >= 15 is 0 Å². The third-order valence-corrected chi connectivity index (χ3v) is 4.85. The first-order valence-electron chi connectivity index (χ1n) is 6.55. The average molecular weight is 296 g/mol. The fourth-order valence-corrected chi connectivity index (χ4v) is 3.66.